The first-order valence-electron chi connectivity index (χ1n) is 3.48. The summed E-state index contributed by atoms with van der Waals surface area (Å²) >= 11 is 7.53. The van der Waals surface area contributed by atoms with Crippen LogP contribution < -0.4 is 0 Å². The largest absolute Gasteiger partial charge is 0.159 e. The van der Waals surface area contributed by atoms with Crippen LogP contribution in [0.2, 0.25) is 0 Å². The van der Waals surface area contributed by atoms with Gasteiger partial charge in [-0.1, -0.05) is 13.8 Å². The Hall–Kier alpha value is 0.640. The SMILES string of the molecule is CCC(C)SCCCCl. The van der Waals surface area contributed by atoms with Crippen molar-refractivity contribution in [3.63, 3.8) is 0 Å². The van der Waals surface area contributed by atoms with Gasteiger partial charge in [-0.25, -0.2) is 0 Å². The van der Waals surface area contributed by atoms with Crippen LogP contribution in [0.3, 0.4) is 0 Å². The molecule has 0 aliphatic rings. The minimum absolute atomic E-state index is 0.809. The summed E-state index contributed by atoms with van der Waals surface area (Å²) in [6.07, 6.45) is 2.42. The molecular weight excluding hydrogens is 152 g/mol. The van der Waals surface area contributed by atoms with Crippen molar-refractivity contribution in [2.24, 2.45) is 0 Å². The summed E-state index contributed by atoms with van der Waals surface area (Å²) in [7, 11) is 0. The van der Waals surface area contributed by atoms with Crippen LogP contribution in [0, 0.1) is 0 Å². The van der Waals surface area contributed by atoms with Gasteiger partial charge in [-0.2, -0.15) is 11.8 Å². The molecular formula is C7H15ClS. The van der Waals surface area contributed by atoms with Crippen molar-refractivity contribution in [3.8, 4) is 0 Å². The molecule has 0 fully saturated rings. The molecule has 0 aliphatic carbocycles. The third-order valence-corrected chi connectivity index (χ3v) is 2.95. The monoisotopic (exact) mass is 166 g/mol. The summed E-state index contributed by atoms with van der Waals surface area (Å²) < 4.78 is 0. The van der Waals surface area contributed by atoms with Crippen LogP contribution >= 0.6 is 23.4 Å². The Balaban J connectivity index is 2.88. The van der Waals surface area contributed by atoms with Crippen LogP contribution in [0.25, 0.3) is 0 Å². The fourth-order valence-electron chi connectivity index (χ4n) is 0.457. The van der Waals surface area contributed by atoms with Crippen LogP contribution in [0.4, 0.5) is 0 Å². The van der Waals surface area contributed by atoms with Gasteiger partial charge in [0.05, 0.1) is 0 Å². The van der Waals surface area contributed by atoms with E-state index in [1.54, 1.807) is 0 Å². The first-order valence-corrected chi connectivity index (χ1v) is 5.07. The Morgan fingerprint density at radius 2 is 2.22 bits per heavy atom. The summed E-state index contributed by atoms with van der Waals surface area (Å²) in [5.74, 6) is 2.03. The molecule has 0 aromatic carbocycles. The molecule has 0 aromatic heterocycles. The molecule has 0 saturated carbocycles. The lowest BCUT2D eigenvalue weighted by Gasteiger charge is -2.05. The van der Waals surface area contributed by atoms with Crippen molar-refractivity contribution in [3.05, 3.63) is 0 Å². The Kier molecular flexibility index (Phi) is 7.24. The first-order chi connectivity index (χ1) is 4.31. The number of halogens is 1. The van der Waals surface area contributed by atoms with Crippen LogP contribution in [0.15, 0.2) is 0 Å². The summed E-state index contributed by atoms with van der Waals surface area (Å²) in [6.45, 7) is 4.48. The van der Waals surface area contributed by atoms with Crippen LogP contribution in [-0.4, -0.2) is 16.9 Å². The zero-order valence-electron chi connectivity index (χ0n) is 6.19. The summed E-state index contributed by atoms with van der Waals surface area (Å²) in [4.78, 5) is 0. The van der Waals surface area contributed by atoms with Gasteiger partial charge in [-0.3, -0.25) is 0 Å². The van der Waals surface area contributed by atoms with E-state index in [9.17, 15) is 0 Å². The van der Waals surface area contributed by atoms with E-state index in [0.717, 1.165) is 17.6 Å². The van der Waals surface area contributed by atoms with Crippen LogP contribution in [0.5, 0.6) is 0 Å². The zero-order valence-corrected chi connectivity index (χ0v) is 7.76. The van der Waals surface area contributed by atoms with E-state index >= 15 is 0 Å². The third kappa shape index (κ3) is 6.53. The molecule has 0 aliphatic heterocycles. The normalized spacial score (nSPS) is 13.7. The van der Waals surface area contributed by atoms with E-state index in [4.69, 9.17) is 11.6 Å². The molecule has 0 N–H and O–H groups in total. The molecule has 2 heteroatoms. The van der Waals surface area contributed by atoms with Crippen LogP contribution in [-0.2, 0) is 0 Å². The van der Waals surface area contributed by atoms with Crippen molar-refractivity contribution in [1.29, 1.82) is 0 Å². The van der Waals surface area contributed by atoms with Crippen molar-refractivity contribution in [1.82, 2.24) is 0 Å². The third-order valence-electron chi connectivity index (χ3n) is 1.26. The van der Waals surface area contributed by atoms with Crippen LogP contribution in [0.1, 0.15) is 26.7 Å². The molecule has 0 heterocycles. The predicted molar refractivity (Wildman–Crippen MR) is 47.5 cm³/mol. The number of thioether (sulfide) groups is 1. The fourth-order valence-corrected chi connectivity index (χ4v) is 1.70. The van der Waals surface area contributed by atoms with E-state index in [2.05, 4.69) is 13.8 Å². The molecule has 9 heavy (non-hydrogen) atoms. The van der Waals surface area contributed by atoms with Crippen molar-refractivity contribution < 1.29 is 0 Å². The highest BCUT2D eigenvalue weighted by Gasteiger charge is 1.96. The van der Waals surface area contributed by atoms with Gasteiger partial charge in [-0.15, -0.1) is 11.6 Å². The topological polar surface area (TPSA) is 0 Å². The van der Waals surface area contributed by atoms with Gasteiger partial charge in [-0.05, 0) is 18.6 Å². The lowest BCUT2D eigenvalue weighted by molar-refractivity contribution is 0.902. The van der Waals surface area contributed by atoms with Crippen molar-refractivity contribution >= 4 is 23.4 Å². The smallest absolute Gasteiger partial charge is 0.0231 e. The molecule has 1 unspecified atom stereocenters. The van der Waals surface area contributed by atoms with E-state index in [1.807, 2.05) is 11.8 Å². The van der Waals surface area contributed by atoms with Gasteiger partial charge in [0, 0.05) is 11.1 Å². The Morgan fingerprint density at radius 3 is 2.67 bits per heavy atom. The maximum absolute atomic E-state index is 5.51. The molecule has 0 spiro atoms. The molecule has 0 amide bonds. The minimum atomic E-state index is 0.809. The molecule has 0 nitrogen and oxygen atoms in total. The molecule has 1 atom stereocenters. The standard InChI is InChI=1S/C7H15ClS/c1-3-7(2)9-6-4-5-8/h7H,3-6H2,1-2H3. The predicted octanol–water partition coefficient (Wildman–Crippen LogP) is 3.15. The highest BCUT2D eigenvalue weighted by molar-refractivity contribution is 7.99. The summed E-state index contributed by atoms with van der Waals surface area (Å²) in [5.41, 5.74) is 0. The van der Waals surface area contributed by atoms with E-state index < -0.39 is 0 Å². The highest BCUT2D eigenvalue weighted by Crippen LogP contribution is 2.14. The number of hydrogen-bond acceptors (Lipinski definition) is 1. The van der Waals surface area contributed by atoms with Gasteiger partial charge in [0.1, 0.15) is 0 Å². The first kappa shape index (κ1) is 9.64. The quantitative estimate of drug-likeness (QED) is 0.447. The van der Waals surface area contributed by atoms with Gasteiger partial charge < -0.3 is 0 Å². The number of hydrogen-bond donors (Lipinski definition) is 0. The second-order valence-corrected chi connectivity index (χ2v) is 4.06. The molecule has 0 rings (SSSR count). The molecule has 0 saturated heterocycles. The van der Waals surface area contributed by atoms with Gasteiger partial charge in [0.25, 0.3) is 0 Å². The van der Waals surface area contributed by atoms with E-state index in [0.29, 0.717) is 0 Å². The molecule has 56 valence electrons. The van der Waals surface area contributed by atoms with E-state index in [1.165, 1.54) is 12.2 Å². The fraction of sp³-hybridized carbons (Fsp3) is 1.00. The second-order valence-electron chi connectivity index (χ2n) is 2.13. The van der Waals surface area contributed by atoms with Crippen molar-refractivity contribution in [2.75, 3.05) is 11.6 Å². The van der Waals surface area contributed by atoms with Gasteiger partial charge in [0.2, 0.25) is 0 Å². The van der Waals surface area contributed by atoms with E-state index in [-0.39, 0.29) is 0 Å². The zero-order chi connectivity index (χ0) is 7.11. The lowest BCUT2D eigenvalue weighted by Crippen LogP contribution is -1.94. The molecule has 0 bridgehead atoms. The Morgan fingerprint density at radius 1 is 1.56 bits per heavy atom. The highest BCUT2D eigenvalue weighted by atomic mass is 35.5. The molecule has 0 radical (unpaired) electrons. The summed E-state index contributed by atoms with van der Waals surface area (Å²) in [6, 6.07) is 0. The second kappa shape index (κ2) is 6.76. The average Bonchev–Trinajstić information content (AvgIpc) is 1.89. The maximum atomic E-state index is 5.51. The number of rotatable bonds is 5. The van der Waals surface area contributed by atoms with Gasteiger partial charge >= 0.3 is 0 Å². The Bertz CT molecular complexity index is 56.9. The molecule has 0 aromatic rings. The lowest BCUT2D eigenvalue weighted by atomic mass is 10.4. The Labute approximate surface area is 67.4 Å². The maximum Gasteiger partial charge on any atom is 0.0231 e. The van der Waals surface area contributed by atoms with Gasteiger partial charge in [0.15, 0.2) is 0 Å². The summed E-state index contributed by atoms with van der Waals surface area (Å²) in [5, 5.41) is 0.813. The number of alkyl halides is 1. The van der Waals surface area contributed by atoms with Crippen molar-refractivity contribution in [2.45, 2.75) is 31.9 Å². The minimum Gasteiger partial charge on any atom is -0.159 e. The average molecular weight is 167 g/mol.